The van der Waals surface area contributed by atoms with E-state index in [-0.39, 0.29) is 57.4 Å². The number of aromatic nitrogens is 1. The van der Waals surface area contributed by atoms with Crippen molar-refractivity contribution in [3.8, 4) is 5.75 Å². The van der Waals surface area contributed by atoms with Crippen molar-refractivity contribution in [2.24, 2.45) is 29.6 Å². The van der Waals surface area contributed by atoms with Crippen LogP contribution in [0, 0.1) is 36.5 Å². The number of amides is 2. The molecule has 9 heteroatoms. The molecule has 2 saturated carbocycles. The highest BCUT2D eigenvalue weighted by Crippen LogP contribution is 2.69. The average molecular weight is 615 g/mol. The Morgan fingerprint density at radius 1 is 0.929 bits per heavy atom. The zero-order valence-corrected chi connectivity index (χ0v) is 25.0. The summed E-state index contributed by atoms with van der Waals surface area (Å²) in [5, 5.41) is 1.57. The molecule has 2 bridgehead atoms. The molecule has 1 N–H and O–H groups in total. The van der Waals surface area contributed by atoms with E-state index < -0.39 is 0 Å². The third-order valence-electron chi connectivity index (χ3n) is 9.71. The van der Waals surface area contributed by atoms with Gasteiger partial charge in [-0.15, -0.1) is 11.8 Å². The summed E-state index contributed by atoms with van der Waals surface area (Å²) in [5.74, 6) is -0.0435. The van der Waals surface area contributed by atoms with E-state index in [0.29, 0.717) is 17.3 Å². The first-order chi connectivity index (χ1) is 20.4. The lowest BCUT2D eigenvalue weighted by Gasteiger charge is -2.43. The summed E-state index contributed by atoms with van der Waals surface area (Å²) in [4.78, 5) is 45.9. The van der Waals surface area contributed by atoms with Gasteiger partial charge in [0.25, 0.3) is 0 Å². The lowest BCUT2D eigenvalue weighted by atomic mass is 9.68. The molecule has 42 heavy (non-hydrogen) atoms. The summed E-state index contributed by atoms with van der Waals surface area (Å²) in [6, 6.07) is 23.2. The number of hydrogen-bond acceptors (Lipinski definition) is 6. The minimum absolute atomic E-state index is 0.0334. The number of H-pyrrole nitrogens is 1. The Kier molecular flexibility index (Phi) is 6.18. The monoisotopic (exact) mass is 614 g/mol. The predicted octanol–water partition coefficient (Wildman–Crippen LogP) is 6.66. The van der Waals surface area contributed by atoms with Crippen molar-refractivity contribution in [2.45, 2.75) is 36.1 Å². The maximum absolute atomic E-state index is 14.0. The number of thioether (sulfide) groups is 1. The molecule has 0 radical (unpaired) electrons. The maximum atomic E-state index is 14.0. The number of aryl methyl sites for hydroxylation is 1. The number of fused-ring (bicyclic) bond motifs is 9. The highest BCUT2D eigenvalue weighted by Gasteiger charge is 2.69. The predicted molar refractivity (Wildman–Crippen MR) is 164 cm³/mol. The summed E-state index contributed by atoms with van der Waals surface area (Å²) in [5.41, 5.74) is 3.91. The zero-order valence-electron chi connectivity index (χ0n) is 22.7. The van der Waals surface area contributed by atoms with Gasteiger partial charge in [0.15, 0.2) is 0 Å². The van der Waals surface area contributed by atoms with Gasteiger partial charge >= 0.3 is 4.87 Å². The number of nitrogens with zero attached hydrogens (tertiary/aromatic N) is 1. The number of hydrogen-bond donors (Lipinski definition) is 1. The van der Waals surface area contributed by atoms with Gasteiger partial charge in [-0.05, 0) is 72.6 Å². The zero-order chi connectivity index (χ0) is 28.7. The molecule has 8 rings (SSSR count). The topological polar surface area (TPSA) is 79.5 Å². The van der Waals surface area contributed by atoms with Crippen molar-refractivity contribution < 1.29 is 14.3 Å². The summed E-state index contributed by atoms with van der Waals surface area (Å²) < 4.78 is 6.49. The lowest BCUT2D eigenvalue weighted by molar-refractivity contribution is -0.123. The smallest absolute Gasteiger partial charge is 0.305 e. The van der Waals surface area contributed by atoms with Crippen LogP contribution >= 0.6 is 34.7 Å². The Labute approximate surface area is 256 Å². The molecule has 2 amide bonds. The molecule has 0 unspecified atom stereocenters. The van der Waals surface area contributed by atoms with Gasteiger partial charge in [0.1, 0.15) is 12.4 Å². The van der Waals surface area contributed by atoms with E-state index in [1.165, 1.54) is 21.8 Å². The minimum Gasteiger partial charge on any atom is -0.489 e. The molecule has 7 atom stereocenters. The molecular formula is C33H27ClN2O4S2. The molecule has 4 aromatic rings. The fourth-order valence-corrected chi connectivity index (χ4v) is 11.0. The number of rotatable bonds is 5. The van der Waals surface area contributed by atoms with Gasteiger partial charge in [-0.3, -0.25) is 19.3 Å². The van der Waals surface area contributed by atoms with E-state index in [2.05, 4.69) is 30.1 Å². The summed E-state index contributed by atoms with van der Waals surface area (Å²) in [6.07, 6.45) is 0.839. The molecule has 0 spiro atoms. The normalized spacial score (nSPS) is 29.0. The van der Waals surface area contributed by atoms with Crippen molar-refractivity contribution in [2.75, 3.05) is 4.90 Å². The molecular weight excluding hydrogens is 588 g/mol. The Morgan fingerprint density at radius 2 is 1.64 bits per heavy atom. The van der Waals surface area contributed by atoms with E-state index in [9.17, 15) is 14.4 Å². The highest BCUT2D eigenvalue weighted by molar-refractivity contribution is 8.00. The number of nitrogens with one attached hydrogen (secondary N) is 1. The first-order valence-electron chi connectivity index (χ1n) is 14.2. The van der Waals surface area contributed by atoms with Crippen molar-refractivity contribution >= 4 is 52.2 Å². The number of aromatic amines is 1. The molecule has 1 aromatic heterocycles. The first kappa shape index (κ1) is 26.3. The van der Waals surface area contributed by atoms with Crippen LogP contribution in [0.2, 0.25) is 5.02 Å². The van der Waals surface area contributed by atoms with E-state index in [1.54, 1.807) is 36.0 Å². The number of halogens is 1. The molecule has 2 aliphatic heterocycles. The van der Waals surface area contributed by atoms with Gasteiger partial charge < -0.3 is 9.72 Å². The number of carbonyl (C=O) groups is 2. The fraction of sp³-hybridized carbons (Fsp3) is 0.303. The second-order valence-corrected chi connectivity index (χ2v) is 14.3. The highest BCUT2D eigenvalue weighted by atomic mass is 35.5. The van der Waals surface area contributed by atoms with Crippen molar-refractivity contribution in [3.05, 3.63) is 109 Å². The van der Waals surface area contributed by atoms with Crippen molar-refractivity contribution in [3.63, 3.8) is 0 Å². The standard InChI is InChI=1S/C33H27ClN2O4S2/c1-16-6-2-3-7-17(16)15-40-23-9-5-4-8-20(23)24-25-21-14-22(28(25)41-30-29(24)42-33(39)35-30)27-26(21)31(37)36(32(27)38)19-12-10-18(34)11-13-19/h2-13,21-22,24-28H,14-15H2,1H3,(H,35,39)/t21-,22-,24+,25+,26+,27+,28-/m1/s1. The second kappa shape index (κ2) is 9.86. The molecule has 212 valence electrons. The van der Waals surface area contributed by atoms with Gasteiger partial charge in [-0.2, -0.15) is 0 Å². The summed E-state index contributed by atoms with van der Waals surface area (Å²) in [7, 11) is 0. The van der Waals surface area contributed by atoms with Crippen LogP contribution in [-0.4, -0.2) is 22.0 Å². The molecule has 2 aliphatic carbocycles. The third kappa shape index (κ3) is 3.88. The Morgan fingerprint density at radius 3 is 2.43 bits per heavy atom. The second-order valence-electron chi connectivity index (χ2n) is 11.7. The first-order valence-corrected chi connectivity index (χ1v) is 16.3. The Hall–Kier alpha value is -3.33. The number of imide groups is 1. The van der Waals surface area contributed by atoms with Gasteiger partial charge in [0.2, 0.25) is 11.8 Å². The van der Waals surface area contributed by atoms with Gasteiger partial charge in [0.05, 0.1) is 22.5 Å². The largest absolute Gasteiger partial charge is 0.489 e. The average Bonchev–Trinajstić information content (AvgIpc) is 3.72. The van der Waals surface area contributed by atoms with Gasteiger partial charge in [0, 0.05) is 26.6 Å². The number of para-hydroxylation sites is 1. The van der Waals surface area contributed by atoms with Crippen molar-refractivity contribution in [1.29, 1.82) is 0 Å². The SMILES string of the molecule is Cc1ccccc1COc1ccccc1[C@@H]1c2sc(=O)[nH]c2S[C@@H]2[C@@H]3C[C@@H]([C@@H]4C(=O)N(c5ccc(Cl)cc5)C(=O)[C@@H]34)[C@@H]12. The Balaban J connectivity index is 1.19. The number of carbonyl (C=O) groups excluding carboxylic acids is 2. The van der Waals surface area contributed by atoms with Crippen LogP contribution < -0.4 is 14.5 Å². The molecule has 6 nitrogen and oxygen atoms in total. The molecule has 3 heterocycles. The van der Waals surface area contributed by atoms with Crippen LogP contribution in [0.5, 0.6) is 5.75 Å². The van der Waals surface area contributed by atoms with E-state index >= 15 is 0 Å². The van der Waals surface area contributed by atoms with E-state index in [4.69, 9.17) is 16.3 Å². The van der Waals surface area contributed by atoms with Crippen LogP contribution in [0.1, 0.15) is 33.9 Å². The van der Waals surface area contributed by atoms with Gasteiger partial charge in [-0.1, -0.05) is 65.4 Å². The minimum atomic E-state index is -0.361. The summed E-state index contributed by atoms with van der Waals surface area (Å²) >= 11 is 9.05. The maximum Gasteiger partial charge on any atom is 0.305 e. The van der Waals surface area contributed by atoms with Crippen LogP contribution in [0.25, 0.3) is 0 Å². The molecule has 3 aromatic carbocycles. The Bertz CT molecular complexity index is 1800. The lowest BCUT2D eigenvalue weighted by Crippen LogP contribution is -2.42. The van der Waals surface area contributed by atoms with Crippen LogP contribution in [0.4, 0.5) is 5.69 Å². The number of benzene rings is 3. The van der Waals surface area contributed by atoms with E-state index in [1.807, 2.05) is 30.3 Å². The van der Waals surface area contributed by atoms with Crippen LogP contribution in [0.3, 0.4) is 0 Å². The molecule has 4 aliphatic rings. The van der Waals surface area contributed by atoms with Gasteiger partial charge in [-0.25, -0.2) is 0 Å². The van der Waals surface area contributed by atoms with Crippen LogP contribution in [-0.2, 0) is 16.2 Å². The number of thiazole rings is 1. The van der Waals surface area contributed by atoms with E-state index in [0.717, 1.165) is 33.2 Å². The summed E-state index contributed by atoms with van der Waals surface area (Å²) in [6.45, 7) is 2.52. The fourth-order valence-electron chi connectivity index (χ4n) is 8.01. The number of anilines is 1. The quantitative estimate of drug-likeness (QED) is 0.255. The third-order valence-corrected chi connectivity index (χ3v) is 12.5. The number of ether oxygens (including phenoxy) is 1. The van der Waals surface area contributed by atoms with Crippen LogP contribution in [0.15, 0.2) is 82.6 Å². The molecule has 1 saturated heterocycles. The van der Waals surface area contributed by atoms with Crippen molar-refractivity contribution in [1.82, 2.24) is 4.98 Å². The molecule has 3 fully saturated rings.